The third-order valence-corrected chi connectivity index (χ3v) is 3.42. The number of hydrogen-bond donors (Lipinski definition) is 3. The summed E-state index contributed by atoms with van der Waals surface area (Å²) in [6.45, 7) is 4.85. The molecule has 0 amide bonds. The predicted molar refractivity (Wildman–Crippen MR) is 74.1 cm³/mol. The van der Waals surface area contributed by atoms with E-state index in [0.29, 0.717) is 17.4 Å². The van der Waals surface area contributed by atoms with Crippen molar-refractivity contribution in [2.75, 3.05) is 24.2 Å². The molecule has 1 aliphatic carbocycles. The van der Waals surface area contributed by atoms with E-state index in [1.807, 2.05) is 13.8 Å². The fourth-order valence-corrected chi connectivity index (χ4v) is 2.04. The molecular formula is C13H22N4O2. The summed E-state index contributed by atoms with van der Waals surface area (Å²) in [6, 6.07) is 0. The highest BCUT2D eigenvalue weighted by molar-refractivity contribution is 5.66. The molecule has 1 aromatic rings. The van der Waals surface area contributed by atoms with Crippen molar-refractivity contribution in [2.24, 2.45) is 5.41 Å². The molecule has 0 atom stereocenters. The Morgan fingerprint density at radius 2 is 2.21 bits per heavy atom. The largest absolute Gasteiger partial charge is 0.473 e. The molecule has 106 valence electrons. The molecule has 0 radical (unpaired) electrons. The van der Waals surface area contributed by atoms with Gasteiger partial charge in [-0.1, -0.05) is 0 Å². The lowest BCUT2D eigenvalue weighted by Gasteiger charge is -2.17. The third kappa shape index (κ3) is 3.47. The molecule has 2 rings (SSSR count). The van der Waals surface area contributed by atoms with E-state index in [0.717, 1.165) is 25.8 Å². The van der Waals surface area contributed by atoms with E-state index in [9.17, 15) is 0 Å². The Hall–Kier alpha value is -1.56. The van der Waals surface area contributed by atoms with Gasteiger partial charge in [-0.3, -0.25) is 0 Å². The van der Waals surface area contributed by atoms with Crippen molar-refractivity contribution in [3.05, 3.63) is 6.33 Å². The van der Waals surface area contributed by atoms with Crippen molar-refractivity contribution in [1.29, 1.82) is 0 Å². The molecule has 4 N–H and O–H groups in total. The second-order valence-corrected chi connectivity index (χ2v) is 5.43. The smallest absolute Gasteiger partial charge is 0.242 e. The molecule has 1 aromatic heterocycles. The lowest BCUT2D eigenvalue weighted by Crippen LogP contribution is -2.19. The van der Waals surface area contributed by atoms with Gasteiger partial charge in [-0.25, -0.2) is 4.98 Å². The zero-order valence-electron chi connectivity index (χ0n) is 11.5. The van der Waals surface area contributed by atoms with Gasteiger partial charge in [-0.05, 0) is 38.5 Å². The van der Waals surface area contributed by atoms with Crippen LogP contribution in [0.5, 0.6) is 5.88 Å². The lowest BCUT2D eigenvalue weighted by atomic mass is 10.0. The molecule has 0 saturated heterocycles. The molecule has 1 aliphatic rings. The molecule has 0 aromatic carbocycles. The fourth-order valence-electron chi connectivity index (χ4n) is 2.04. The summed E-state index contributed by atoms with van der Waals surface area (Å²) in [5.74, 6) is 1.02. The fraction of sp³-hybridized carbons (Fsp3) is 0.692. The third-order valence-electron chi connectivity index (χ3n) is 3.42. The second kappa shape index (κ2) is 5.61. The van der Waals surface area contributed by atoms with Crippen LogP contribution in [0.4, 0.5) is 11.5 Å². The van der Waals surface area contributed by atoms with Crippen molar-refractivity contribution in [2.45, 2.75) is 39.2 Å². The monoisotopic (exact) mass is 266 g/mol. The Morgan fingerprint density at radius 3 is 2.79 bits per heavy atom. The maximum absolute atomic E-state index is 9.04. The Kier molecular flexibility index (Phi) is 4.09. The Balaban J connectivity index is 2.00. The molecular weight excluding hydrogens is 244 g/mol. The average Bonchev–Trinajstić information content (AvgIpc) is 3.11. The molecule has 0 bridgehead atoms. The number of nitrogen functional groups attached to an aromatic ring is 1. The van der Waals surface area contributed by atoms with Crippen LogP contribution in [0.1, 0.15) is 33.1 Å². The van der Waals surface area contributed by atoms with Gasteiger partial charge in [0.05, 0.1) is 6.10 Å². The lowest BCUT2D eigenvalue weighted by molar-refractivity contribution is 0.234. The number of aliphatic hydroxyl groups excluding tert-OH is 1. The van der Waals surface area contributed by atoms with Crippen LogP contribution in [0.2, 0.25) is 0 Å². The van der Waals surface area contributed by atoms with Crippen molar-refractivity contribution in [3.63, 3.8) is 0 Å². The number of aromatic nitrogens is 2. The van der Waals surface area contributed by atoms with Crippen LogP contribution in [0.3, 0.4) is 0 Å². The van der Waals surface area contributed by atoms with Crippen LogP contribution in [0, 0.1) is 5.41 Å². The van der Waals surface area contributed by atoms with E-state index in [-0.39, 0.29) is 18.1 Å². The van der Waals surface area contributed by atoms with Gasteiger partial charge in [0.1, 0.15) is 12.0 Å². The highest BCUT2D eigenvalue weighted by Gasteiger charge is 2.41. The maximum Gasteiger partial charge on any atom is 0.242 e. The molecule has 1 fully saturated rings. The molecule has 6 heteroatoms. The Morgan fingerprint density at radius 1 is 1.47 bits per heavy atom. The van der Waals surface area contributed by atoms with E-state index < -0.39 is 0 Å². The number of nitrogens with zero attached hydrogens (tertiary/aromatic N) is 2. The highest BCUT2D eigenvalue weighted by Crippen LogP contribution is 2.48. The topological polar surface area (TPSA) is 93.3 Å². The van der Waals surface area contributed by atoms with E-state index >= 15 is 0 Å². The first kappa shape index (κ1) is 13.9. The zero-order chi connectivity index (χ0) is 13.9. The standard InChI is InChI=1S/C13H22N4O2/c1-9(2)19-12-10(14)11(16-8-17-12)15-7-13(3-4-13)5-6-18/h8-9,18H,3-7,14H2,1-2H3,(H,15,16,17). The number of nitrogens with two attached hydrogens (primary N) is 1. The van der Waals surface area contributed by atoms with Gasteiger partial charge in [0, 0.05) is 13.2 Å². The average molecular weight is 266 g/mol. The maximum atomic E-state index is 9.04. The summed E-state index contributed by atoms with van der Waals surface area (Å²) in [6.07, 6.45) is 4.57. The van der Waals surface area contributed by atoms with Crippen LogP contribution in [0.15, 0.2) is 6.33 Å². The van der Waals surface area contributed by atoms with Gasteiger partial charge in [-0.15, -0.1) is 0 Å². The first-order valence-electron chi connectivity index (χ1n) is 6.68. The van der Waals surface area contributed by atoms with Crippen LogP contribution in [0.25, 0.3) is 0 Å². The van der Waals surface area contributed by atoms with Gasteiger partial charge in [0.25, 0.3) is 0 Å². The molecule has 19 heavy (non-hydrogen) atoms. The highest BCUT2D eigenvalue weighted by atomic mass is 16.5. The number of aliphatic hydroxyl groups is 1. The van der Waals surface area contributed by atoms with Crippen molar-refractivity contribution in [3.8, 4) is 5.88 Å². The number of anilines is 2. The van der Waals surface area contributed by atoms with Crippen LogP contribution in [-0.4, -0.2) is 34.3 Å². The van der Waals surface area contributed by atoms with Crippen molar-refractivity contribution >= 4 is 11.5 Å². The summed E-state index contributed by atoms with van der Waals surface area (Å²) in [5, 5.41) is 12.3. The van der Waals surface area contributed by atoms with Crippen LogP contribution < -0.4 is 15.8 Å². The minimum absolute atomic E-state index is 0.0224. The molecule has 0 spiro atoms. The summed E-state index contributed by atoms with van der Waals surface area (Å²) in [4.78, 5) is 8.18. The first-order chi connectivity index (χ1) is 9.06. The Bertz CT molecular complexity index is 433. The minimum Gasteiger partial charge on any atom is -0.473 e. The molecule has 6 nitrogen and oxygen atoms in total. The normalized spacial score (nSPS) is 16.4. The van der Waals surface area contributed by atoms with E-state index in [2.05, 4.69) is 15.3 Å². The van der Waals surface area contributed by atoms with E-state index in [4.69, 9.17) is 15.6 Å². The molecule has 0 aliphatic heterocycles. The number of hydrogen-bond acceptors (Lipinski definition) is 6. The van der Waals surface area contributed by atoms with Crippen LogP contribution in [-0.2, 0) is 0 Å². The summed E-state index contributed by atoms with van der Waals surface area (Å²) >= 11 is 0. The number of ether oxygens (including phenoxy) is 1. The minimum atomic E-state index is 0.0224. The summed E-state index contributed by atoms with van der Waals surface area (Å²) in [7, 11) is 0. The summed E-state index contributed by atoms with van der Waals surface area (Å²) in [5.41, 5.74) is 6.65. The van der Waals surface area contributed by atoms with Gasteiger partial charge in [0.2, 0.25) is 5.88 Å². The molecule has 0 unspecified atom stereocenters. The quantitative estimate of drug-likeness (QED) is 0.691. The molecule has 1 saturated carbocycles. The van der Waals surface area contributed by atoms with E-state index in [1.54, 1.807) is 0 Å². The first-order valence-corrected chi connectivity index (χ1v) is 6.68. The van der Waals surface area contributed by atoms with Crippen molar-refractivity contribution in [1.82, 2.24) is 9.97 Å². The van der Waals surface area contributed by atoms with E-state index in [1.165, 1.54) is 6.33 Å². The number of rotatable bonds is 7. The molecule has 1 heterocycles. The predicted octanol–water partition coefficient (Wildman–Crippen LogP) is 1.42. The number of nitrogens with one attached hydrogen (secondary N) is 1. The second-order valence-electron chi connectivity index (χ2n) is 5.43. The van der Waals surface area contributed by atoms with Gasteiger partial charge >= 0.3 is 0 Å². The zero-order valence-corrected chi connectivity index (χ0v) is 11.5. The SMILES string of the molecule is CC(C)Oc1ncnc(NCC2(CCO)CC2)c1N. The van der Waals surface area contributed by atoms with Gasteiger partial charge in [0.15, 0.2) is 5.82 Å². The van der Waals surface area contributed by atoms with Gasteiger partial charge in [-0.2, -0.15) is 4.98 Å². The van der Waals surface area contributed by atoms with Crippen LogP contribution >= 0.6 is 0 Å². The Labute approximate surface area is 113 Å². The van der Waals surface area contributed by atoms with Gasteiger partial charge < -0.3 is 20.9 Å². The van der Waals surface area contributed by atoms with Crippen molar-refractivity contribution < 1.29 is 9.84 Å². The summed E-state index contributed by atoms with van der Waals surface area (Å²) < 4.78 is 5.52.